The van der Waals surface area contributed by atoms with E-state index in [1.807, 2.05) is 20.8 Å². The number of aromatic amines is 1. The smallest absolute Gasteiger partial charge is 0.246 e. The zero-order chi connectivity index (χ0) is 12.4. The van der Waals surface area contributed by atoms with Gasteiger partial charge >= 0.3 is 0 Å². The molecule has 0 saturated heterocycles. The van der Waals surface area contributed by atoms with E-state index in [2.05, 4.69) is 14.9 Å². The molecule has 0 aliphatic carbocycles. The van der Waals surface area contributed by atoms with Crippen molar-refractivity contribution in [2.24, 2.45) is 0 Å². The highest BCUT2D eigenvalue weighted by molar-refractivity contribution is 7.89. The summed E-state index contributed by atoms with van der Waals surface area (Å²) < 4.78 is 26.5. The third kappa shape index (κ3) is 2.96. The Morgan fingerprint density at radius 1 is 1.56 bits per heavy atom. The van der Waals surface area contributed by atoms with Crippen molar-refractivity contribution < 1.29 is 8.42 Å². The molecule has 0 bridgehead atoms. The molecule has 0 aromatic carbocycles. The number of hydrogen-bond acceptors (Lipinski definition) is 4. The first-order valence-electron chi connectivity index (χ1n) is 5.11. The summed E-state index contributed by atoms with van der Waals surface area (Å²) in [5.74, 6) is 0.0554. The molecule has 16 heavy (non-hydrogen) atoms. The topological polar surface area (TPSA) is 101 Å². The number of nitrogens with zero attached hydrogens (tertiary/aromatic N) is 1. The molecule has 0 spiro atoms. The van der Waals surface area contributed by atoms with Crippen molar-refractivity contribution in [2.75, 3.05) is 5.73 Å². The summed E-state index contributed by atoms with van der Waals surface area (Å²) in [6.45, 7) is 5.68. The highest BCUT2D eigenvalue weighted by atomic mass is 32.2. The van der Waals surface area contributed by atoms with Crippen LogP contribution in [0.25, 0.3) is 0 Å². The van der Waals surface area contributed by atoms with Gasteiger partial charge in [-0.15, -0.1) is 0 Å². The average Bonchev–Trinajstić information content (AvgIpc) is 2.49. The number of nitrogens with two attached hydrogens (primary N) is 1. The van der Waals surface area contributed by atoms with Crippen molar-refractivity contribution in [3.8, 4) is 0 Å². The first-order chi connectivity index (χ1) is 7.28. The van der Waals surface area contributed by atoms with E-state index in [0.29, 0.717) is 0 Å². The van der Waals surface area contributed by atoms with Crippen LogP contribution >= 0.6 is 0 Å². The summed E-state index contributed by atoms with van der Waals surface area (Å²) >= 11 is 0. The molecule has 0 unspecified atom stereocenters. The monoisotopic (exact) mass is 246 g/mol. The number of hydrogen-bond donors (Lipinski definition) is 3. The fourth-order valence-electron chi connectivity index (χ4n) is 1.59. The van der Waals surface area contributed by atoms with E-state index < -0.39 is 15.6 Å². The van der Waals surface area contributed by atoms with E-state index in [1.54, 1.807) is 0 Å². The fourth-order valence-corrected chi connectivity index (χ4v) is 3.06. The zero-order valence-electron chi connectivity index (χ0n) is 9.74. The maximum Gasteiger partial charge on any atom is 0.246 e. The lowest BCUT2D eigenvalue weighted by Crippen LogP contribution is -2.43. The van der Waals surface area contributed by atoms with Gasteiger partial charge in [0.1, 0.15) is 10.7 Å². The van der Waals surface area contributed by atoms with Gasteiger partial charge in [0.05, 0.1) is 6.20 Å². The first kappa shape index (κ1) is 13.0. The zero-order valence-corrected chi connectivity index (χ0v) is 10.6. The summed E-state index contributed by atoms with van der Waals surface area (Å²) in [5.41, 5.74) is 4.99. The van der Waals surface area contributed by atoms with Crippen molar-refractivity contribution in [1.82, 2.24) is 14.9 Å². The van der Waals surface area contributed by atoms with Crippen molar-refractivity contribution >= 4 is 15.8 Å². The van der Waals surface area contributed by atoms with Gasteiger partial charge in [0.2, 0.25) is 10.0 Å². The van der Waals surface area contributed by atoms with Gasteiger partial charge in [0.25, 0.3) is 0 Å². The second-order valence-electron chi connectivity index (χ2n) is 4.39. The van der Waals surface area contributed by atoms with E-state index >= 15 is 0 Å². The molecule has 6 nitrogen and oxygen atoms in total. The van der Waals surface area contributed by atoms with Gasteiger partial charge in [-0.2, -0.15) is 5.10 Å². The van der Waals surface area contributed by atoms with Crippen LogP contribution in [-0.2, 0) is 10.0 Å². The molecule has 1 rings (SSSR count). The van der Waals surface area contributed by atoms with Gasteiger partial charge in [-0.3, -0.25) is 5.10 Å². The van der Waals surface area contributed by atoms with Crippen molar-refractivity contribution in [1.29, 1.82) is 0 Å². The number of nitrogen functional groups attached to an aromatic ring is 1. The maximum atomic E-state index is 12.0. The Kier molecular flexibility index (Phi) is 3.59. The fraction of sp³-hybridized carbons (Fsp3) is 0.667. The minimum atomic E-state index is -3.60. The second-order valence-corrected chi connectivity index (χ2v) is 6.04. The molecule has 0 saturated carbocycles. The van der Waals surface area contributed by atoms with Crippen LogP contribution in [0.3, 0.4) is 0 Å². The van der Waals surface area contributed by atoms with Crippen molar-refractivity contribution in [3.63, 3.8) is 0 Å². The highest BCUT2D eigenvalue weighted by Gasteiger charge is 2.27. The van der Waals surface area contributed by atoms with Crippen LogP contribution in [0.4, 0.5) is 5.82 Å². The second kappa shape index (κ2) is 4.42. The number of nitrogens with one attached hydrogen (secondary N) is 2. The molecule has 1 heterocycles. The SMILES string of the molecule is CCCC(C)(C)NS(=O)(=O)c1cn[nH]c1N. The van der Waals surface area contributed by atoms with Gasteiger partial charge < -0.3 is 5.73 Å². The largest absolute Gasteiger partial charge is 0.383 e. The van der Waals surface area contributed by atoms with Gasteiger partial charge in [0.15, 0.2) is 0 Å². The van der Waals surface area contributed by atoms with E-state index in [-0.39, 0.29) is 10.7 Å². The molecular weight excluding hydrogens is 228 g/mol. The van der Waals surface area contributed by atoms with Gasteiger partial charge in [-0.05, 0) is 20.3 Å². The predicted molar refractivity (Wildman–Crippen MR) is 62.3 cm³/mol. The Labute approximate surface area is 95.7 Å². The molecule has 0 amide bonds. The highest BCUT2D eigenvalue weighted by Crippen LogP contribution is 2.19. The minimum absolute atomic E-state index is 0.00308. The summed E-state index contributed by atoms with van der Waals surface area (Å²) in [5, 5.41) is 6.00. The third-order valence-electron chi connectivity index (χ3n) is 2.21. The lowest BCUT2D eigenvalue weighted by Gasteiger charge is -2.25. The number of rotatable bonds is 5. The van der Waals surface area contributed by atoms with Crippen LogP contribution in [0.15, 0.2) is 11.1 Å². The van der Waals surface area contributed by atoms with Crippen molar-refractivity contribution in [3.05, 3.63) is 6.20 Å². The molecule has 0 aliphatic heterocycles. The Bertz CT molecular complexity index is 450. The summed E-state index contributed by atoms with van der Waals surface area (Å²) in [4.78, 5) is -0.00308. The van der Waals surface area contributed by atoms with E-state index in [0.717, 1.165) is 12.8 Å². The molecule has 1 aromatic heterocycles. The number of aromatic nitrogens is 2. The van der Waals surface area contributed by atoms with Crippen molar-refractivity contribution in [2.45, 2.75) is 44.0 Å². The lowest BCUT2D eigenvalue weighted by atomic mass is 10.0. The van der Waals surface area contributed by atoms with Crippen LogP contribution in [0.5, 0.6) is 0 Å². The third-order valence-corrected chi connectivity index (χ3v) is 3.93. The first-order valence-corrected chi connectivity index (χ1v) is 6.59. The van der Waals surface area contributed by atoms with Gasteiger partial charge in [-0.1, -0.05) is 13.3 Å². The molecule has 7 heteroatoms. The van der Waals surface area contributed by atoms with Crippen LogP contribution in [0.2, 0.25) is 0 Å². The molecule has 0 aliphatic rings. The van der Waals surface area contributed by atoms with Gasteiger partial charge in [-0.25, -0.2) is 13.1 Å². The molecule has 0 fully saturated rings. The van der Waals surface area contributed by atoms with E-state index in [1.165, 1.54) is 6.20 Å². The van der Waals surface area contributed by atoms with Crippen LogP contribution in [0, 0.1) is 0 Å². The Balaban J connectivity index is 2.93. The Morgan fingerprint density at radius 2 is 2.19 bits per heavy atom. The number of H-pyrrole nitrogens is 1. The number of anilines is 1. The maximum absolute atomic E-state index is 12.0. The van der Waals surface area contributed by atoms with E-state index in [4.69, 9.17) is 5.73 Å². The molecule has 1 aromatic rings. The van der Waals surface area contributed by atoms with Crippen LogP contribution in [-0.4, -0.2) is 24.2 Å². The molecule has 4 N–H and O–H groups in total. The normalized spacial score (nSPS) is 12.9. The van der Waals surface area contributed by atoms with Crippen LogP contribution < -0.4 is 10.5 Å². The Morgan fingerprint density at radius 3 is 2.62 bits per heavy atom. The average molecular weight is 246 g/mol. The Hall–Kier alpha value is -1.08. The number of sulfonamides is 1. The summed E-state index contributed by atoms with van der Waals surface area (Å²) in [6, 6.07) is 0. The summed E-state index contributed by atoms with van der Waals surface area (Å²) in [7, 11) is -3.60. The molecule has 92 valence electrons. The standard InChI is InChI=1S/C9H18N4O2S/c1-4-5-9(2,3)13-16(14,15)7-6-11-12-8(7)10/h6,13H,4-5H2,1-3H3,(H3,10,11,12). The molecule has 0 radical (unpaired) electrons. The lowest BCUT2D eigenvalue weighted by molar-refractivity contribution is 0.418. The predicted octanol–water partition coefficient (Wildman–Crippen LogP) is 0.849. The molecular formula is C9H18N4O2S. The van der Waals surface area contributed by atoms with Crippen LogP contribution in [0.1, 0.15) is 33.6 Å². The van der Waals surface area contributed by atoms with Gasteiger partial charge in [0, 0.05) is 5.54 Å². The summed E-state index contributed by atoms with van der Waals surface area (Å²) in [6.07, 6.45) is 2.86. The molecule has 0 atom stereocenters. The van der Waals surface area contributed by atoms with E-state index in [9.17, 15) is 8.42 Å². The minimum Gasteiger partial charge on any atom is -0.383 e. The quantitative estimate of drug-likeness (QED) is 0.716.